The number of rotatable bonds is 7. The topological polar surface area (TPSA) is 49.4 Å². The molecule has 120 valence electrons. The van der Waals surface area contributed by atoms with Crippen LogP contribution in [-0.4, -0.2) is 36.9 Å². The lowest BCUT2D eigenvalue weighted by molar-refractivity contribution is -0.128. The van der Waals surface area contributed by atoms with E-state index in [4.69, 9.17) is 0 Å². The van der Waals surface area contributed by atoms with Gasteiger partial charge < -0.3 is 10.2 Å². The third-order valence-corrected chi connectivity index (χ3v) is 3.14. The van der Waals surface area contributed by atoms with E-state index in [1.165, 1.54) is 0 Å². The Balaban J connectivity index is 2.51. The van der Waals surface area contributed by atoms with Gasteiger partial charge >= 0.3 is 0 Å². The Bertz CT molecular complexity index is 534. The van der Waals surface area contributed by atoms with Crippen LogP contribution in [0.4, 0.5) is 0 Å². The molecule has 4 nitrogen and oxygen atoms in total. The molecule has 4 heteroatoms. The summed E-state index contributed by atoms with van der Waals surface area (Å²) in [7, 11) is 3.54. The molecule has 0 aliphatic rings. The van der Waals surface area contributed by atoms with Crippen LogP contribution in [0.3, 0.4) is 0 Å². The Kier molecular flexibility index (Phi) is 7.37. The minimum atomic E-state index is -0.0539. The fourth-order valence-electron chi connectivity index (χ4n) is 1.94. The zero-order chi connectivity index (χ0) is 16.5. The number of carbonyl (C=O) groups excluding carboxylic acids is 2. The highest BCUT2D eigenvalue weighted by atomic mass is 16.2. The molecule has 0 bridgehead atoms. The first-order valence-electron chi connectivity index (χ1n) is 7.67. The van der Waals surface area contributed by atoms with Gasteiger partial charge in [0.1, 0.15) is 0 Å². The number of hydrogen-bond donors (Lipinski definition) is 1. The largest absolute Gasteiger partial charge is 0.350 e. The van der Waals surface area contributed by atoms with Gasteiger partial charge in [0.2, 0.25) is 5.91 Å². The van der Waals surface area contributed by atoms with Gasteiger partial charge in [-0.2, -0.15) is 0 Å². The van der Waals surface area contributed by atoms with Crippen molar-refractivity contribution in [2.45, 2.75) is 39.2 Å². The molecule has 0 atom stereocenters. The Morgan fingerprint density at radius 2 is 2.00 bits per heavy atom. The molecule has 1 N–H and O–H groups in total. The summed E-state index contributed by atoms with van der Waals surface area (Å²) >= 11 is 0. The van der Waals surface area contributed by atoms with Crippen molar-refractivity contribution in [1.82, 2.24) is 10.2 Å². The van der Waals surface area contributed by atoms with Crippen LogP contribution in [-0.2, 0) is 4.79 Å². The number of nitrogens with one attached hydrogen (secondary N) is 1. The fraction of sp³-hybridized carbons (Fsp3) is 0.444. The van der Waals surface area contributed by atoms with E-state index >= 15 is 0 Å². The molecule has 1 rings (SSSR count). The molecule has 0 heterocycles. The molecule has 0 fully saturated rings. The van der Waals surface area contributed by atoms with Crippen LogP contribution >= 0.6 is 0 Å². The second-order valence-corrected chi connectivity index (χ2v) is 5.84. The van der Waals surface area contributed by atoms with Crippen molar-refractivity contribution >= 4 is 17.9 Å². The highest BCUT2D eigenvalue weighted by Gasteiger charge is 2.06. The number of unbranched alkanes of at least 4 members (excludes halogenated alkanes) is 1. The van der Waals surface area contributed by atoms with E-state index in [1.54, 1.807) is 19.0 Å². The molecule has 0 saturated carbocycles. The minimum absolute atomic E-state index is 0.0539. The van der Waals surface area contributed by atoms with Crippen molar-refractivity contribution in [3.63, 3.8) is 0 Å². The van der Waals surface area contributed by atoms with Gasteiger partial charge in [-0.3, -0.25) is 9.59 Å². The lowest BCUT2D eigenvalue weighted by Gasteiger charge is -2.09. The molecule has 22 heavy (non-hydrogen) atoms. The van der Waals surface area contributed by atoms with E-state index in [2.05, 4.69) is 5.32 Å². The first-order chi connectivity index (χ1) is 10.4. The first-order valence-corrected chi connectivity index (χ1v) is 7.67. The summed E-state index contributed by atoms with van der Waals surface area (Å²) in [6.45, 7) is 3.88. The van der Waals surface area contributed by atoms with Gasteiger partial charge in [0.05, 0.1) is 0 Å². The second kappa shape index (κ2) is 9.03. The molecule has 0 unspecified atom stereocenters. The lowest BCUT2D eigenvalue weighted by atomic mass is 10.1. The summed E-state index contributed by atoms with van der Waals surface area (Å²) in [5.74, 6) is 0.0996. The monoisotopic (exact) mass is 302 g/mol. The van der Waals surface area contributed by atoms with E-state index in [9.17, 15) is 9.59 Å². The molecule has 0 aliphatic carbocycles. The Morgan fingerprint density at radius 1 is 1.27 bits per heavy atom. The van der Waals surface area contributed by atoms with E-state index < -0.39 is 0 Å². The van der Waals surface area contributed by atoms with Crippen molar-refractivity contribution in [2.75, 3.05) is 14.1 Å². The number of carbonyl (C=O) groups is 2. The van der Waals surface area contributed by atoms with Crippen LogP contribution in [0.25, 0.3) is 6.08 Å². The molecule has 2 amide bonds. The van der Waals surface area contributed by atoms with Crippen LogP contribution in [0, 0.1) is 0 Å². The fourth-order valence-corrected chi connectivity index (χ4v) is 1.94. The SMILES string of the molecule is CC(C)NC(=O)c1cccc(/C=C\CCCC(=O)N(C)C)c1. The smallest absolute Gasteiger partial charge is 0.251 e. The summed E-state index contributed by atoms with van der Waals surface area (Å²) < 4.78 is 0. The van der Waals surface area contributed by atoms with Gasteiger partial charge in [0.15, 0.2) is 0 Å². The van der Waals surface area contributed by atoms with Crippen molar-refractivity contribution in [1.29, 1.82) is 0 Å². The maximum atomic E-state index is 11.9. The Hall–Kier alpha value is -2.10. The van der Waals surface area contributed by atoms with Crippen LogP contribution in [0.2, 0.25) is 0 Å². The summed E-state index contributed by atoms with van der Waals surface area (Å²) in [4.78, 5) is 25.0. The predicted octanol–water partition coefficient (Wildman–Crippen LogP) is 3.10. The molecule has 1 aromatic rings. The zero-order valence-corrected chi connectivity index (χ0v) is 13.9. The zero-order valence-electron chi connectivity index (χ0n) is 13.9. The minimum Gasteiger partial charge on any atom is -0.350 e. The number of hydrogen-bond acceptors (Lipinski definition) is 2. The highest BCUT2D eigenvalue weighted by Crippen LogP contribution is 2.09. The summed E-state index contributed by atoms with van der Waals surface area (Å²) in [5.41, 5.74) is 1.66. The quantitative estimate of drug-likeness (QED) is 0.787. The van der Waals surface area contributed by atoms with Gasteiger partial charge in [-0.15, -0.1) is 0 Å². The van der Waals surface area contributed by atoms with Crippen LogP contribution in [0.1, 0.15) is 49.0 Å². The second-order valence-electron chi connectivity index (χ2n) is 5.84. The average molecular weight is 302 g/mol. The summed E-state index contributed by atoms with van der Waals surface area (Å²) in [6, 6.07) is 7.66. The summed E-state index contributed by atoms with van der Waals surface area (Å²) in [6.07, 6.45) is 6.28. The number of benzene rings is 1. The summed E-state index contributed by atoms with van der Waals surface area (Å²) in [5, 5.41) is 2.88. The van der Waals surface area contributed by atoms with Gasteiger partial charge in [-0.25, -0.2) is 0 Å². The van der Waals surface area contributed by atoms with Crippen molar-refractivity contribution in [3.05, 3.63) is 41.5 Å². The molecule has 0 aliphatic heterocycles. The Morgan fingerprint density at radius 3 is 2.64 bits per heavy atom. The molecule has 1 aromatic carbocycles. The molecule has 0 spiro atoms. The third-order valence-electron chi connectivity index (χ3n) is 3.14. The predicted molar refractivity (Wildman–Crippen MR) is 90.6 cm³/mol. The normalized spacial score (nSPS) is 11.0. The van der Waals surface area contributed by atoms with Crippen LogP contribution < -0.4 is 5.32 Å². The standard InChI is InChI=1S/C18H26N2O2/c1-14(2)19-18(22)16-11-8-10-15(13-16)9-6-5-7-12-17(21)20(3)4/h6,8-11,13-14H,5,7,12H2,1-4H3,(H,19,22)/b9-6-. The van der Waals surface area contributed by atoms with Gasteiger partial charge in [-0.1, -0.05) is 24.3 Å². The van der Waals surface area contributed by atoms with Crippen molar-refractivity contribution in [3.8, 4) is 0 Å². The maximum Gasteiger partial charge on any atom is 0.251 e. The van der Waals surface area contributed by atoms with Crippen LogP contribution in [0.5, 0.6) is 0 Å². The maximum absolute atomic E-state index is 11.9. The average Bonchev–Trinajstić information content (AvgIpc) is 2.46. The van der Waals surface area contributed by atoms with Crippen LogP contribution in [0.15, 0.2) is 30.3 Å². The van der Waals surface area contributed by atoms with E-state index in [0.717, 1.165) is 18.4 Å². The highest BCUT2D eigenvalue weighted by molar-refractivity contribution is 5.94. The lowest BCUT2D eigenvalue weighted by Crippen LogP contribution is -2.30. The number of allylic oxidation sites excluding steroid dienone is 1. The molecule has 0 saturated heterocycles. The Labute approximate surface area is 133 Å². The number of nitrogens with zero attached hydrogens (tertiary/aromatic N) is 1. The van der Waals surface area contributed by atoms with Crippen molar-refractivity contribution in [2.24, 2.45) is 0 Å². The van der Waals surface area contributed by atoms with E-state index in [0.29, 0.717) is 12.0 Å². The van der Waals surface area contributed by atoms with E-state index in [-0.39, 0.29) is 17.9 Å². The third kappa shape index (κ3) is 6.57. The number of amides is 2. The first kappa shape index (κ1) is 18.0. The van der Waals surface area contributed by atoms with Gasteiger partial charge in [-0.05, 0) is 44.4 Å². The van der Waals surface area contributed by atoms with Gasteiger partial charge in [0, 0.05) is 32.1 Å². The van der Waals surface area contributed by atoms with Crippen molar-refractivity contribution < 1.29 is 9.59 Å². The molecule has 0 radical (unpaired) electrons. The molecule has 0 aromatic heterocycles. The van der Waals surface area contributed by atoms with Gasteiger partial charge in [0.25, 0.3) is 5.91 Å². The molecular weight excluding hydrogens is 276 g/mol. The van der Waals surface area contributed by atoms with E-state index in [1.807, 2.05) is 50.3 Å². The molecular formula is C18H26N2O2.